The average Bonchev–Trinajstić information content (AvgIpc) is 2.72. The largest absolute Gasteiger partial charge is 0.480 e. The highest BCUT2D eigenvalue weighted by molar-refractivity contribution is 5.79. The van der Waals surface area contributed by atoms with Crippen LogP contribution in [-0.4, -0.2) is 64.7 Å². The van der Waals surface area contributed by atoms with Crippen LogP contribution in [0.2, 0.25) is 0 Å². The van der Waals surface area contributed by atoms with E-state index in [2.05, 4.69) is 0 Å². The third kappa shape index (κ3) is 3.65. The quantitative estimate of drug-likeness (QED) is 0.820. The molecule has 2 fully saturated rings. The maximum Gasteiger partial charge on any atom is 0.411 e. The van der Waals surface area contributed by atoms with Crippen LogP contribution >= 0.6 is 0 Å². The highest BCUT2D eigenvalue weighted by Crippen LogP contribution is 2.33. The summed E-state index contributed by atoms with van der Waals surface area (Å²) in [4.78, 5) is 37.4. The number of amides is 2. The molecule has 118 valence electrons. The second-order valence-electron chi connectivity index (χ2n) is 5.79. The van der Waals surface area contributed by atoms with Crippen LogP contribution in [0.5, 0.6) is 0 Å². The second kappa shape index (κ2) is 6.32. The first-order valence-corrected chi connectivity index (χ1v) is 7.43. The van der Waals surface area contributed by atoms with Gasteiger partial charge in [-0.05, 0) is 6.42 Å². The van der Waals surface area contributed by atoms with E-state index in [9.17, 15) is 14.4 Å². The molecule has 0 unspecified atom stereocenters. The molecule has 2 saturated heterocycles. The van der Waals surface area contributed by atoms with E-state index in [4.69, 9.17) is 9.84 Å². The van der Waals surface area contributed by atoms with E-state index in [1.807, 2.05) is 11.8 Å². The Hall–Kier alpha value is -1.79. The molecule has 2 aliphatic rings. The van der Waals surface area contributed by atoms with Crippen molar-refractivity contribution in [2.75, 3.05) is 26.2 Å². The first kappa shape index (κ1) is 15.6. The van der Waals surface area contributed by atoms with Crippen molar-refractivity contribution < 1.29 is 24.2 Å². The number of ether oxygens (including phenoxy) is 1. The number of aliphatic carboxylic acids is 1. The minimum absolute atomic E-state index is 0.151. The Bertz CT molecular complexity index is 429. The van der Waals surface area contributed by atoms with Gasteiger partial charge in [0.2, 0.25) is 5.91 Å². The smallest absolute Gasteiger partial charge is 0.411 e. The normalized spacial score (nSPS) is 20.7. The van der Waals surface area contributed by atoms with Crippen molar-refractivity contribution in [3.8, 4) is 0 Å². The van der Waals surface area contributed by atoms with Gasteiger partial charge in [-0.3, -0.25) is 14.5 Å². The predicted octanol–water partition coefficient (Wildman–Crippen LogP) is 1.07. The van der Waals surface area contributed by atoms with Gasteiger partial charge in [-0.1, -0.05) is 13.3 Å². The summed E-state index contributed by atoms with van der Waals surface area (Å²) in [5, 5.41) is 8.77. The van der Waals surface area contributed by atoms with Gasteiger partial charge in [0.25, 0.3) is 0 Å². The first-order chi connectivity index (χ1) is 9.96. The Morgan fingerprint density at radius 2 is 2.00 bits per heavy atom. The molecule has 2 rings (SSSR count). The number of carbonyl (C=O) groups is 3. The molecule has 1 N–H and O–H groups in total. The fraction of sp³-hybridized carbons (Fsp3) is 0.786. The predicted molar refractivity (Wildman–Crippen MR) is 73.8 cm³/mol. The highest BCUT2D eigenvalue weighted by Gasteiger charge is 2.47. The van der Waals surface area contributed by atoms with E-state index < -0.39 is 17.7 Å². The summed E-state index contributed by atoms with van der Waals surface area (Å²) >= 11 is 0. The summed E-state index contributed by atoms with van der Waals surface area (Å²) < 4.78 is 5.40. The van der Waals surface area contributed by atoms with Gasteiger partial charge in [-0.25, -0.2) is 4.79 Å². The third-order valence-electron chi connectivity index (χ3n) is 4.14. The molecular formula is C14H22N2O5. The SMILES string of the molecule is CCCCC(=O)N1CCC2(CC1)CN(CC(=O)O)C(=O)O2. The summed E-state index contributed by atoms with van der Waals surface area (Å²) in [5.41, 5.74) is -0.617. The molecule has 7 heteroatoms. The molecule has 0 aromatic carbocycles. The van der Waals surface area contributed by atoms with Crippen molar-refractivity contribution >= 4 is 18.0 Å². The van der Waals surface area contributed by atoms with Crippen LogP contribution in [0.25, 0.3) is 0 Å². The van der Waals surface area contributed by atoms with Gasteiger partial charge in [0.1, 0.15) is 12.1 Å². The van der Waals surface area contributed by atoms with E-state index in [1.165, 1.54) is 4.90 Å². The van der Waals surface area contributed by atoms with Gasteiger partial charge in [0.05, 0.1) is 6.54 Å². The summed E-state index contributed by atoms with van der Waals surface area (Å²) in [6, 6.07) is 0. The van der Waals surface area contributed by atoms with Gasteiger partial charge in [-0.2, -0.15) is 0 Å². The van der Waals surface area contributed by atoms with Crippen molar-refractivity contribution in [2.45, 2.75) is 44.6 Å². The van der Waals surface area contributed by atoms with Crippen molar-refractivity contribution in [2.24, 2.45) is 0 Å². The number of carboxylic acid groups (broad SMARTS) is 1. The van der Waals surface area contributed by atoms with Crippen LogP contribution in [0.1, 0.15) is 39.0 Å². The van der Waals surface area contributed by atoms with Crippen molar-refractivity contribution in [3.63, 3.8) is 0 Å². The Morgan fingerprint density at radius 3 is 2.57 bits per heavy atom. The van der Waals surface area contributed by atoms with Crippen LogP contribution in [0.3, 0.4) is 0 Å². The summed E-state index contributed by atoms with van der Waals surface area (Å²) in [5.74, 6) is -0.894. The van der Waals surface area contributed by atoms with E-state index in [1.54, 1.807) is 0 Å². The third-order valence-corrected chi connectivity index (χ3v) is 4.14. The molecule has 2 aliphatic heterocycles. The maximum absolute atomic E-state index is 12.0. The molecule has 21 heavy (non-hydrogen) atoms. The van der Waals surface area contributed by atoms with Gasteiger partial charge >= 0.3 is 12.1 Å². The van der Waals surface area contributed by atoms with Gasteiger partial charge in [0, 0.05) is 32.4 Å². The molecule has 0 aliphatic carbocycles. The molecule has 0 aromatic rings. The highest BCUT2D eigenvalue weighted by atomic mass is 16.6. The molecule has 2 heterocycles. The number of nitrogens with zero attached hydrogens (tertiary/aromatic N) is 2. The minimum atomic E-state index is -1.05. The standard InChI is InChI=1S/C14H22N2O5/c1-2-3-4-11(17)15-7-5-14(6-8-15)10-16(9-12(18)19)13(20)21-14/h2-10H2,1H3,(H,18,19). The fourth-order valence-electron chi connectivity index (χ4n) is 2.89. The topological polar surface area (TPSA) is 87.2 Å². The van der Waals surface area contributed by atoms with Crippen LogP contribution in [0.15, 0.2) is 0 Å². The summed E-state index contributed by atoms with van der Waals surface area (Å²) in [6.07, 6.45) is 3.03. The summed E-state index contributed by atoms with van der Waals surface area (Å²) in [6.45, 7) is 3.15. The number of carboxylic acids is 1. The monoisotopic (exact) mass is 298 g/mol. The van der Waals surface area contributed by atoms with E-state index in [-0.39, 0.29) is 12.5 Å². The molecule has 0 radical (unpaired) electrons. The van der Waals surface area contributed by atoms with Crippen molar-refractivity contribution in [3.05, 3.63) is 0 Å². The molecule has 2 amide bonds. The molecular weight excluding hydrogens is 276 g/mol. The van der Waals surface area contributed by atoms with Gasteiger partial charge < -0.3 is 14.7 Å². The van der Waals surface area contributed by atoms with Gasteiger partial charge in [0.15, 0.2) is 0 Å². The van der Waals surface area contributed by atoms with Crippen molar-refractivity contribution in [1.82, 2.24) is 9.80 Å². The van der Waals surface area contributed by atoms with Crippen LogP contribution in [0, 0.1) is 0 Å². The first-order valence-electron chi connectivity index (χ1n) is 7.43. The zero-order valence-electron chi connectivity index (χ0n) is 12.3. The zero-order valence-corrected chi connectivity index (χ0v) is 12.3. The zero-order chi connectivity index (χ0) is 15.5. The lowest BCUT2D eigenvalue weighted by Gasteiger charge is -2.37. The molecule has 0 aromatic heterocycles. The Balaban J connectivity index is 1.87. The molecule has 0 bridgehead atoms. The molecule has 7 nitrogen and oxygen atoms in total. The summed E-state index contributed by atoms with van der Waals surface area (Å²) in [7, 11) is 0. The molecule has 0 saturated carbocycles. The molecule has 1 spiro atoms. The average molecular weight is 298 g/mol. The van der Waals surface area contributed by atoms with Gasteiger partial charge in [-0.15, -0.1) is 0 Å². The maximum atomic E-state index is 12.0. The van der Waals surface area contributed by atoms with E-state index in [0.717, 1.165) is 12.8 Å². The van der Waals surface area contributed by atoms with E-state index >= 15 is 0 Å². The number of rotatable bonds is 5. The number of piperidine rings is 1. The number of likely N-dealkylation sites (tertiary alicyclic amines) is 1. The van der Waals surface area contributed by atoms with Crippen LogP contribution in [0.4, 0.5) is 4.79 Å². The lowest BCUT2D eigenvalue weighted by atomic mass is 9.91. The second-order valence-corrected chi connectivity index (χ2v) is 5.79. The van der Waals surface area contributed by atoms with Crippen molar-refractivity contribution in [1.29, 1.82) is 0 Å². The molecule has 0 atom stereocenters. The number of hydrogen-bond acceptors (Lipinski definition) is 4. The number of hydrogen-bond donors (Lipinski definition) is 1. The Labute approximate surface area is 123 Å². The van der Waals surface area contributed by atoms with Crippen LogP contribution in [-0.2, 0) is 14.3 Å². The lowest BCUT2D eigenvalue weighted by molar-refractivity contribution is -0.137. The Kier molecular flexibility index (Phi) is 4.69. The fourth-order valence-corrected chi connectivity index (χ4v) is 2.89. The minimum Gasteiger partial charge on any atom is -0.480 e. The lowest BCUT2D eigenvalue weighted by Crippen LogP contribution is -2.48. The van der Waals surface area contributed by atoms with E-state index in [0.29, 0.717) is 38.9 Å². The number of carbonyl (C=O) groups excluding carboxylic acids is 2. The number of unbranched alkanes of at least 4 members (excludes halogenated alkanes) is 1. The Morgan fingerprint density at radius 1 is 1.33 bits per heavy atom. The van der Waals surface area contributed by atoms with Crippen LogP contribution < -0.4 is 0 Å².